The Morgan fingerprint density at radius 1 is 1.33 bits per heavy atom. The van der Waals surface area contributed by atoms with Crippen LogP contribution in [-0.2, 0) is 9.53 Å². The quantitative estimate of drug-likeness (QED) is 0.931. The van der Waals surface area contributed by atoms with Gasteiger partial charge in [0.25, 0.3) is 5.91 Å². The summed E-state index contributed by atoms with van der Waals surface area (Å²) in [4.78, 5) is 24.9. The fourth-order valence-electron chi connectivity index (χ4n) is 2.54. The normalized spacial score (nSPS) is 18.9. The Kier molecular flexibility index (Phi) is 3.62. The molecule has 3 rings (SSSR count). The number of rotatable bonds is 3. The number of benzene rings is 1. The van der Waals surface area contributed by atoms with Gasteiger partial charge in [-0.15, -0.1) is 0 Å². The second-order valence-corrected chi connectivity index (χ2v) is 4.99. The highest BCUT2D eigenvalue weighted by molar-refractivity contribution is 6.05. The first-order valence-corrected chi connectivity index (χ1v) is 6.74. The second-order valence-electron chi connectivity index (χ2n) is 4.99. The molecule has 0 bridgehead atoms. The number of amides is 1. The maximum atomic E-state index is 12.6. The number of para-hydroxylation sites is 1. The lowest BCUT2D eigenvalue weighted by Crippen LogP contribution is -2.46. The molecule has 0 aliphatic carbocycles. The number of furan rings is 1. The van der Waals surface area contributed by atoms with Crippen molar-refractivity contribution >= 4 is 22.8 Å². The monoisotopic (exact) mass is 289 g/mol. The number of hydrogen-bond acceptors (Lipinski definition) is 4. The summed E-state index contributed by atoms with van der Waals surface area (Å²) < 4.78 is 10.8. The van der Waals surface area contributed by atoms with Gasteiger partial charge in [0.1, 0.15) is 11.8 Å². The van der Waals surface area contributed by atoms with Crippen LogP contribution < -0.4 is 0 Å². The number of nitrogens with zero attached hydrogens (tertiary/aromatic N) is 1. The number of ether oxygens (including phenoxy) is 1. The van der Waals surface area contributed by atoms with E-state index < -0.39 is 12.1 Å². The molecular weight excluding hydrogens is 274 g/mol. The summed E-state index contributed by atoms with van der Waals surface area (Å²) in [6, 6.07) is 7.33. The van der Waals surface area contributed by atoms with E-state index >= 15 is 0 Å². The second kappa shape index (κ2) is 5.57. The zero-order valence-corrected chi connectivity index (χ0v) is 11.3. The van der Waals surface area contributed by atoms with Gasteiger partial charge in [-0.3, -0.25) is 9.59 Å². The lowest BCUT2D eigenvalue weighted by molar-refractivity contribution is -0.141. The maximum Gasteiger partial charge on any atom is 0.306 e. The van der Waals surface area contributed by atoms with Crippen LogP contribution in [0.1, 0.15) is 16.8 Å². The zero-order chi connectivity index (χ0) is 14.8. The fourth-order valence-corrected chi connectivity index (χ4v) is 2.54. The minimum absolute atomic E-state index is 0.101. The van der Waals surface area contributed by atoms with Gasteiger partial charge < -0.3 is 19.2 Å². The van der Waals surface area contributed by atoms with Crippen LogP contribution in [0.15, 0.2) is 34.9 Å². The van der Waals surface area contributed by atoms with Gasteiger partial charge in [-0.2, -0.15) is 0 Å². The lowest BCUT2D eigenvalue weighted by atomic mass is 10.1. The van der Waals surface area contributed by atoms with E-state index in [2.05, 4.69) is 0 Å². The molecule has 1 atom stereocenters. The largest absolute Gasteiger partial charge is 0.481 e. The van der Waals surface area contributed by atoms with Gasteiger partial charge in [-0.05, 0) is 6.07 Å². The average molecular weight is 289 g/mol. The van der Waals surface area contributed by atoms with E-state index in [0.717, 1.165) is 5.39 Å². The molecule has 1 amide bonds. The van der Waals surface area contributed by atoms with Crippen LogP contribution >= 0.6 is 0 Å². The van der Waals surface area contributed by atoms with Crippen molar-refractivity contribution in [2.75, 3.05) is 19.7 Å². The Labute approximate surface area is 120 Å². The zero-order valence-electron chi connectivity index (χ0n) is 11.3. The molecule has 21 heavy (non-hydrogen) atoms. The third-order valence-corrected chi connectivity index (χ3v) is 3.54. The molecule has 110 valence electrons. The summed E-state index contributed by atoms with van der Waals surface area (Å²) in [7, 11) is 0. The topological polar surface area (TPSA) is 80.0 Å². The highest BCUT2D eigenvalue weighted by Gasteiger charge is 2.28. The molecular formula is C15H15NO5. The van der Waals surface area contributed by atoms with Crippen molar-refractivity contribution in [3.8, 4) is 0 Å². The third-order valence-electron chi connectivity index (χ3n) is 3.54. The van der Waals surface area contributed by atoms with Crippen LogP contribution in [0.2, 0.25) is 0 Å². The first-order chi connectivity index (χ1) is 10.1. The Bertz CT molecular complexity index is 678. The molecule has 1 aliphatic heterocycles. The molecule has 0 radical (unpaired) electrons. The van der Waals surface area contributed by atoms with Gasteiger partial charge in [0.15, 0.2) is 0 Å². The van der Waals surface area contributed by atoms with E-state index in [1.165, 1.54) is 6.26 Å². The summed E-state index contributed by atoms with van der Waals surface area (Å²) in [5, 5.41) is 9.58. The lowest BCUT2D eigenvalue weighted by Gasteiger charge is -2.32. The Morgan fingerprint density at radius 3 is 2.95 bits per heavy atom. The van der Waals surface area contributed by atoms with Gasteiger partial charge in [-0.25, -0.2) is 0 Å². The Morgan fingerprint density at radius 2 is 2.14 bits per heavy atom. The number of carbonyl (C=O) groups excluding carboxylic acids is 1. The van der Waals surface area contributed by atoms with Gasteiger partial charge >= 0.3 is 5.97 Å². The summed E-state index contributed by atoms with van der Waals surface area (Å²) in [6.07, 6.45) is 0.892. The molecule has 6 nitrogen and oxygen atoms in total. The van der Waals surface area contributed by atoms with Crippen molar-refractivity contribution in [1.29, 1.82) is 0 Å². The predicted octanol–water partition coefficient (Wildman–Crippen LogP) is 1.75. The molecule has 2 aromatic rings. The number of aliphatic carboxylic acids is 1. The van der Waals surface area contributed by atoms with E-state index in [1.807, 2.05) is 18.2 Å². The molecule has 6 heteroatoms. The summed E-state index contributed by atoms with van der Waals surface area (Å²) in [5.41, 5.74) is 1.16. The summed E-state index contributed by atoms with van der Waals surface area (Å²) >= 11 is 0. The number of morpholine rings is 1. The SMILES string of the molecule is O=C(O)C[C@H]1CN(C(=O)c2coc3ccccc23)CCO1. The number of hydrogen-bond donors (Lipinski definition) is 1. The van der Waals surface area contributed by atoms with Crippen molar-refractivity contribution < 1.29 is 23.8 Å². The average Bonchev–Trinajstić information content (AvgIpc) is 2.90. The minimum Gasteiger partial charge on any atom is -0.481 e. The highest BCUT2D eigenvalue weighted by atomic mass is 16.5. The number of carboxylic acid groups (broad SMARTS) is 1. The van der Waals surface area contributed by atoms with E-state index in [-0.39, 0.29) is 18.9 Å². The molecule has 2 heterocycles. The first-order valence-electron chi connectivity index (χ1n) is 6.74. The first kappa shape index (κ1) is 13.6. The van der Waals surface area contributed by atoms with E-state index in [9.17, 15) is 9.59 Å². The smallest absolute Gasteiger partial charge is 0.306 e. The fraction of sp³-hybridized carbons (Fsp3) is 0.333. The molecule has 0 saturated carbocycles. The van der Waals surface area contributed by atoms with Crippen LogP contribution in [0.25, 0.3) is 11.0 Å². The number of carbonyl (C=O) groups is 2. The van der Waals surface area contributed by atoms with Crippen molar-refractivity contribution in [1.82, 2.24) is 4.90 Å². The van der Waals surface area contributed by atoms with Crippen LogP contribution in [0.3, 0.4) is 0 Å². The molecule has 1 aromatic heterocycles. The van der Waals surface area contributed by atoms with Crippen molar-refractivity contribution in [3.63, 3.8) is 0 Å². The molecule has 0 unspecified atom stereocenters. The Hall–Kier alpha value is -2.34. The van der Waals surface area contributed by atoms with Crippen LogP contribution in [0.5, 0.6) is 0 Å². The predicted molar refractivity (Wildman–Crippen MR) is 74.1 cm³/mol. The van der Waals surface area contributed by atoms with Gasteiger partial charge in [0.2, 0.25) is 0 Å². The van der Waals surface area contributed by atoms with E-state index in [4.69, 9.17) is 14.3 Å². The van der Waals surface area contributed by atoms with Crippen LogP contribution in [0.4, 0.5) is 0 Å². The van der Waals surface area contributed by atoms with Crippen molar-refractivity contribution in [3.05, 3.63) is 36.1 Å². The summed E-state index contributed by atoms with van der Waals surface area (Å²) in [6.45, 7) is 1.08. The van der Waals surface area contributed by atoms with Crippen molar-refractivity contribution in [2.24, 2.45) is 0 Å². The molecule has 1 N–H and O–H groups in total. The van der Waals surface area contributed by atoms with Crippen LogP contribution in [0, 0.1) is 0 Å². The van der Waals surface area contributed by atoms with E-state index in [1.54, 1.807) is 11.0 Å². The number of carboxylic acids is 1. The molecule has 0 spiro atoms. The van der Waals surface area contributed by atoms with Crippen LogP contribution in [-0.4, -0.2) is 47.7 Å². The molecule has 1 aromatic carbocycles. The van der Waals surface area contributed by atoms with Gasteiger partial charge in [-0.1, -0.05) is 18.2 Å². The minimum atomic E-state index is -0.928. The molecule has 1 fully saturated rings. The third kappa shape index (κ3) is 2.75. The van der Waals surface area contributed by atoms with Gasteiger partial charge in [0, 0.05) is 18.5 Å². The van der Waals surface area contributed by atoms with Crippen molar-refractivity contribution in [2.45, 2.75) is 12.5 Å². The molecule has 1 saturated heterocycles. The number of fused-ring (bicyclic) bond motifs is 1. The highest BCUT2D eigenvalue weighted by Crippen LogP contribution is 2.23. The summed E-state index contributed by atoms with van der Waals surface area (Å²) in [5.74, 6) is -1.08. The van der Waals surface area contributed by atoms with E-state index in [0.29, 0.717) is 24.3 Å². The standard InChI is InChI=1S/C15H15NO5/c17-14(18)7-10-8-16(5-6-20-10)15(19)12-9-21-13-4-2-1-3-11(12)13/h1-4,9-10H,5-8H2,(H,17,18)/t10-/m0/s1. The Balaban J connectivity index is 1.80. The molecule has 1 aliphatic rings. The van der Waals surface area contributed by atoms with Gasteiger partial charge in [0.05, 0.1) is 24.7 Å². The maximum absolute atomic E-state index is 12.6.